The molecule has 4 nitrogen and oxygen atoms in total. The summed E-state index contributed by atoms with van der Waals surface area (Å²) in [5, 5.41) is 11.8. The van der Waals surface area contributed by atoms with Gasteiger partial charge < -0.3 is 15.2 Å². The maximum atomic E-state index is 11.3. The van der Waals surface area contributed by atoms with Crippen molar-refractivity contribution in [3.05, 3.63) is 24.3 Å². The molecule has 14 heavy (non-hydrogen) atoms. The third kappa shape index (κ3) is 2.74. The number of hydrogen-bond acceptors (Lipinski definition) is 4. The second-order valence-electron chi connectivity index (χ2n) is 2.93. The van der Waals surface area contributed by atoms with Crippen LogP contribution in [-0.4, -0.2) is 24.2 Å². The van der Waals surface area contributed by atoms with Crippen LogP contribution in [0.2, 0.25) is 0 Å². The summed E-state index contributed by atoms with van der Waals surface area (Å²) in [5.41, 5.74) is 0. The number of nitrogens with one attached hydrogen (secondary N) is 1. The lowest BCUT2D eigenvalue weighted by molar-refractivity contribution is -0.136. The van der Waals surface area contributed by atoms with Crippen LogP contribution in [0, 0.1) is 0 Å². The fourth-order valence-electron chi connectivity index (χ4n) is 0.837. The normalized spacial score (nSPS) is 12.1. The highest BCUT2D eigenvalue weighted by atomic mass is 16.5. The van der Waals surface area contributed by atoms with Crippen LogP contribution in [0.5, 0.6) is 11.5 Å². The Balaban J connectivity index is 2.60. The number of benzene rings is 1. The molecule has 0 saturated carbocycles. The smallest absolute Gasteiger partial charge is 0.328 e. The minimum Gasteiger partial charge on any atom is -0.508 e. The molecule has 0 aromatic heterocycles. The number of phenolic OH excluding ortho intramolecular Hbond substituents is 1. The average molecular weight is 195 g/mol. The van der Waals surface area contributed by atoms with Gasteiger partial charge in [0.1, 0.15) is 17.5 Å². The monoisotopic (exact) mass is 195 g/mol. The summed E-state index contributed by atoms with van der Waals surface area (Å²) in [5.74, 6) is 0.222. The van der Waals surface area contributed by atoms with Gasteiger partial charge >= 0.3 is 5.97 Å². The standard InChI is InChI=1S/C10H13NO3/c1-7(11-2)10(13)14-9-5-3-8(12)4-6-9/h3-7,11-12H,1-2H3/t7-/m1/s1. The maximum absolute atomic E-state index is 11.3. The number of ether oxygens (including phenoxy) is 1. The summed E-state index contributed by atoms with van der Waals surface area (Å²) < 4.78 is 5.01. The summed E-state index contributed by atoms with van der Waals surface area (Å²) in [7, 11) is 1.68. The topological polar surface area (TPSA) is 58.6 Å². The lowest BCUT2D eigenvalue weighted by Crippen LogP contribution is -2.34. The molecule has 1 atom stereocenters. The van der Waals surface area contributed by atoms with Crippen LogP contribution in [0.3, 0.4) is 0 Å². The SMILES string of the molecule is CN[C@H](C)C(=O)Oc1ccc(O)cc1. The molecule has 0 spiro atoms. The van der Waals surface area contributed by atoms with Crippen LogP contribution in [0.4, 0.5) is 0 Å². The van der Waals surface area contributed by atoms with Crippen molar-refractivity contribution in [3.63, 3.8) is 0 Å². The molecule has 0 bridgehead atoms. The Kier molecular flexibility index (Phi) is 3.48. The molecule has 0 heterocycles. The first-order chi connectivity index (χ1) is 6.63. The van der Waals surface area contributed by atoms with E-state index in [1.807, 2.05) is 0 Å². The highest BCUT2D eigenvalue weighted by Gasteiger charge is 2.12. The first-order valence-electron chi connectivity index (χ1n) is 4.31. The highest BCUT2D eigenvalue weighted by Crippen LogP contribution is 2.16. The van der Waals surface area contributed by atoms with E-state index in [0.717, 1.165) is 0 Å². The van der Waals surface area contributed by atoms with E-state index in [2.05, 4.69) is 5.32 Å². The van der Waals surface area contributed by atoms with Gasteiger partial charge in [0, 0.05) is 0 Å². The van der Waals surface area contributed by atoms with Crippen molar-refractivity contribution in [1.82, 2.24) is 5.32 Å². The Morgan fingerprint density at radius 1 is 1.43 bits per heavy atom. The van der Waals surface area contributed by atoms with Crippen LogP contribution in [-0.2, 0) is 4.79 Å². The van der Waals surface area contributed by atoms with Gasteiger partial charge in [-0.25, -0.2) is 4.79 Å². The molecule has 4 heteroatoms. The number of rotatable bonds is 3. The molecule has 0 aliphatic carbocycles. The molecule has 0 amide bonds. The number of esters is 1. The summed E-state index contributed by atoms with van der Waals surface area (Å²) in [6.07, 6.45) is 0. The van der Waals surface area contributed by atoms with Crippen LogP contribution in [0.25, 0.3) is 0 Å². The van der Waals surface area contributed by atoms with Crippen molar-refractivity contribution in [3.8, 4) is 11.5 Å². The van der Waals surface area contributed by atoms with Crippen LogP contribution < -0.4 is 10.1 Å². The fraction of sp³-hybridized carbons (Fsp3) is 0.300. The molecule has 0 aliphatic rings. The largest absolute Gasteiger partial charge is 0.508 e. The zero-order chi connectivity index (χ0) is 10.6. The molecule has 1 rings (SSSR count). The minimum atomic E-state index is -0.349. The molecule has 0 unspecified atom stereocenters. The number of aromatic hydroxyl groups is 1. The van der Waals surface area contributed by atoms with Gasteiger partial charge in [-0.15, -0.1) is 0 Å². The number of phenols is 1. The van der Waals surface area contributed by atoms with Gasteiger partial charge in [0.25, 0.3) is 0 Å². The molecule has 0 fully saturated rings. The van der Waals surface area contributed by atoms with E-state index in [1.54, 1.807) is 14.0 Å². The van der Waals surface area contributed by atoms with Gasteiger partial charge in [-0.05, 0) is 38.2 Å². The lowest BCUT2D eigenvalue weighted by atomic mass is 10.3. The fourth-order valence-corrected chi connectivity index (χ4v) is 0.837. The molecular weight excluding hydrogens is 182 g/mol. The van der Waals surface area contributed by atoms with Gasteiger partial charge in [-0.1, -0.05) is 0 Å². The second kappa shape index (κ2) is 4.62. The third-order valence-corrected chi connectivity index (χ3v) is 1.84. The lowest BCUT2D eigenvalue weighted by Gasteiger charge is -2.09. The highest BCUT2D eigenvalue weighted by molar-refractivity contribution is 5.77. The molecular formula is C10H13NO3. The van der Waals surface area contributed by atoms with Gasteiger partial charge in [-0.2, -0.15) is 0 Å². The summed E-state index contributed by atoms with van der Waals surface area (Å²) in [4.78, 5) is 11.3. The molecule has 0 saturated heterocycles. The quantitative estimate of drug-likeness (QED) is 0.556. The van der Waals surface area contributed by atoms with Crippen molar-refractivity contribution >= 4 is 5.97 Å². The molecule has 2 N–H and O–H groups in total. The van der Waals surface area contributed by atoms with Crippen molar-refractivity contribution in [2.45, 2.75) is 13.0 Å². The Morgan fingerprint density at radius 2 is 2.00 bits per heavy atom. The number of carbonyl (C=O) groups is 1. The predicted octanol–water partition coefficient (Wildman–Crippen LogP) is 0.905. The van der Waals surface area contributed by atoms with E-state index >= 15 is 0 Å². The number of likely N-dealkylation sites (N-methyl/N-ethyl adjacent to an activating group) is 1. The average Bonchev–Trinajstić information content (AvgIpc) is 2.20. The molecule has 1 aromatic rings. The van der Waals surface area contributed by atoms with E-state index in [0.29, 0.717) is 5.75 Å². The van der Waals surface area contributed by atoms with Gasteiger partial charge in [-0.3, -0.25) is 0 Å². The molecule has 0 radical (unpaired) electrons. The van der Waals surface area contributed by atoms with Crippen LogP contribution in [0.15, 0.2) is 24.3 Å². The zero-order valence-electron chi connectivity index (χ0n) is 8.15. The molecule has 1 aromatic carbocycles. The Hall–Kier alpha value is -1.55. The third-order valence-electron chi connectivity index (χ3n) is 1.84. The van der Waals surface area contributed by atoms with Crippen molar-refractivity contribution in [2.75, 3.05) is 7.05 Å². The Morgan fingerprint density at radius 3 is 2.50 bits per heavy atom. The Labute approximate surface area is 82.5 Å². The second-order valence-corrected chi connectivity index (χ2v) is 2.93. The summed E-state index contributed by atoms with van der Waals surface area (Å²) >= 11 is 0. The number of carbonyl (C=O) groups excluding carboxylic acids is 1. The predicted molar refractivity (Wildman–Crippen MR) is 52.3 cm³/mol. The van der Waals surface area contributed by atoms with Gasteiger partial charge in [0.15, 0.2) is 0 Å². The van der Waals surface area contributed by atoms with E-state index in [9.17, 15) is 4.79 Å². The van der Waals surface area contributed by atoms with Crippen molar-refractivity contribution in [2.24, 2.45) is 0 Å². The van der Waals surface area contributed by atoms with Crippen molar-refractivity contribution in [1.29, 1.82) is 0 Å². The first-order valence-corrected chi connectivity index (χ1v) is 4.31. The van der Waals surface area contributed by atoms with Gasteiger partial charge in [0.2, 0.25) is 0 Å². The Bertz CT molecular complexity index is 308. The summed E-state index contributed by atoms with van der Waals surface area (Å²) in [6.45, 7) is 1.71. The molecule has 76 valence electrons. The number of hydrogen-bond donors (Lipinski definition) is 2. The zero-order valence-corrected chi connectivity index (χ0v) is 8.15. The van der Waals surface area contributed by atoms with E-state index in [4.69, 9.17) is 9.84 Å². The minimum absolute atomic E-state index is 0.145. The maximum Gasteiger partial charge on any atom is 0.328 e. The van der Waals surface area contributed by atoms with E-state index in [-0.39, 0.29) is 17.8 Å². The van der Waals surface area contributed by atoms with Crippen LogP contribution in [0.1, 0.15) is 6.92 Å². The van der Waals surface area contributed by atoms with Gasteiger partial charge in [0.05, 0.1) is 0 Å². The van der Waals surface area contributed by atoms with E-state index < -0.39 is 0 Å². The van der Waals surface area contributed by atoms with E-state index in [1.165, 1.54) is 24.3 Å². The summed E-state index contributed by atoms with van der Waals surface area (Å²) in [6, 6.07) is 5.66. The first kappa shape index (κ1) is 10.5. The van der Waals surface area contributed by atoms with Crippen molar-refractivity contribution < 1.29 is 14.6 Å². The van der Waals surface area contributed by atoms with Crippen LogP contribution >= 0.6 is 0 Å². The molecule has 0 aliphatic heterocycles.